The maximum Gasteiger partial charge on any atom is 0.234 e. The SMILES string of the molecule is CCC(C)c1ccc(NC(=O)CSc2nn(-c3ccc(Cl)cc3)c(=S)s2)cc1. The highest BCUT2D eigenvalue weighted by molar-refractivity contribution is 8.01. The standard InChI is InChI=1S/C20H20ClN3OS3/c1-3-13(2)14-4-8-16(9-5-14)22-18(25)12-27-19-23-24(20(26)28-19)17-10-6-15(21)7-11-17/h4-11,13H,3,12H2,1-2H3,(H,22,25). The molecule has 3 aromatic rings. The molecule has 1 atom stereocenters. The molecule has 1 aromatic heterocycles. The van der Waals surface area contributed by atoms with E-state index in [1.165, 1.54) is 28.7 Å². The van der Waals surface area contributed by atoms with E-state index < -0.39 is 0 Å². The van der Waals surface area contributed by atoms with Crippen molar-refractivity contribution in [2.75, 3.05) is 11.1 Å². The molecule has 4 nitrogen and oxygen atoms in total. The van der Waals surface area contributed by atoms with Crippen molar-refractivity contribution in [3.63, 3.8) is 0 Å². The molecule has 1 N–H and O–H groups in total. The van der Waals surface area contributed by atoms with Crippen molar-refractivity contribution < 1.29 is 4.79 Å². The van der Waals surface area contributed by atoms with E-state index in [4.69, 9.17) is 23.8 Å². The van der Waals surface area contributed by atoms with Crippen molar-refractivity contribution in [2.45, 2.75) is 30.5 Å². The van der Waals surface area contributed by atoms with Gasteiger partial charge in [0.2, 0.25) is 5.91 Å². The van der Waals surface area contributed by atoms with E-state index in [1.54, 1.807) is 16.8 Å². The number of nitrogens with one attached hydrogen (secondary N) is 1. The van der Waals surface area contributed by atoms with Crippen LogP contribution < -0.4 is 5.32 Å². The van der Waals surface area contributed by atoms with Crippen LogP contribution in [0.3, 0.4) is 0 Å². The summed E-state index contributed by atoms with van der Waals surface area (Å²) in [6, 6.07) is 15.3. The fourth-order valence-electron chi connectivity index (χ4n) is 2.52. The van der Waals surface area contributed by atoms with Crippen molar-refractivity contribution in [2.24, 2.45) is 0 Å². The molecule has 1 unspecified atom stereocenters. The van der Waals surface area contributed by atoms with Crippen LogP contribution >= 0.6 is 46.9 Å². The van der Waals surface area contributed by atoms with Gasteiger partial charge in [0.05, 0.1) is 11.4 Å². The highest BCUT2D eigenvalue weighted by Gasteiger charge is 2.10. The number of carbonyl (C=O) groups excluding carboxylic acids is 1. The Bertz CT molecular complexity index is 997. The number of hydrogen-bond donors (Lipinski definition) is 1. The molecular weight excluding hydrogens is 430 g/mol. The van der Waals surface area contributed by atoms with Gasteiger partial charge >= 0.3 is 0 Å². The zero-order valence-corrected chi connectivity index (χ0v) is 18.7. The van der Waals surface area contributed by atoms with Crippen LogP contribution in [-0.2, 0) is 4.79 Å². The Morgan fingerprint density at radius 2 is 1.93 bits per heavy atom. The molecule has 0 spiro atoms. The average molecular weight is 450 g/mol. The van der Waals surface area contributed by atoms with Gasteiger partial charge in [0.15, 0.2) is 8.29 Å². The van der Waals surface area contributed by atoms with Crippen LogP contribution in [0.5, 0.6) is 0 Å². The van der Waals surface area contributed by atoms with Crippen LogP contribution in [0.2, 0.25) is 5.02 Å². The molecule has 2 aromatic carbocycles. The molecule has 0 fully saturated rings. The Kier molecular flexibility index (Phi) is 7.29. The van der Waals surface area contributed by atoms with E-state index in [0.717, 1.165) is 22.1 Å². The predicted octanol–water partition coefficient (Wildman–Crippen LogP) is 6.56. The topological polar surface area (TPSA) is 46.9 Å². The molecule has 146 valence electrons. The Balaban J connectivity index is 1.58. The Morgan fingerprint density at radius 1 is 1.25 bits per heavy atom. The second kappa shape index (κ2) is 9.69. The zero-order valence-electron chi connectivity index (χ0n) is 15.5. The Labute approximate surface area is 182 Å². The van der Waals surface area contributed by atoms with Gasteiger partial charge in [0.25, 0.3) is 0 Å². The number of carbonyl (C=O) groups is 1. The molecule has 3 rings (SSSR count). The molecular formula is C20H20ClN3OS3. The normalized spacial score (nSPS) is 12.0. The van der Waals surface area contributed by atoms with Crippen molar-refractivity contribution in [1.29, 1.82) is 0 Å². The third-order valence-electron chi connectivity index (χ3n) is 4.30. The maximum atomic E-state index is 12.3. The summed E-state index contributed by atoms with van der Waals surface area (Å²) in [5, 5.41) is 8.09. The van der Waals surface area contributed by atoms with Crippen molar-refractivity contribution in [3.05, 3.63) is 63.1 Å². The monoisotopic (exact) mass is 449 g/mol. The summed E-state index contributed by atoms with van der Waals surface area (Å²) >= 11 is 14.1. The first kappa shape index (κ1) is 21.0. The molecule has 0 radical (unpaired) electrons. The minimum absolute atomic E-state index is 0.0690. The van der Waals surface area contributed by atoms with Crippen molar-refractivity contribution in [3.8, 4) is 5.69 Å². The number of hydrogen-bond acceptors (Lipinski definition) is 5. The Morgan fingerprint density at radius 3 is 2.57 bits per heavy atom. The summed E-state index contributed by atoms with van der Waals surface area (Å²) in [6.07, 6.45) is 1.09. The zero-order chi connectivity index (χ0) is 20.1. The van der Waals surface area contributed by atoms with Crippen LogP contribution in [0.4, 0.5) is 5.69 Å². The fraction of sp³-hybridized carbons (Fsp3) is 0.250. The second-order valence-corrected chi connectivity index (χ2v) is 9.57. The first-order valence-electron chi connectivity index (χ1n) is 8.85. The van der Waals surface area contributed by atoms with E-state index in [1.807, 2.05) is 24.3 Å². The number of thioether (sulfide) groups is 1. The van der Waals surface area contributed by atoms with Gasteiger partial charge in [-0.15, -0.1) is 5.10 Å². The fourth-order valence-corrected chi connectivity index (χ4v) is 4.81. The number of amides is 1. The summed E-state index contributed by atoms with van der Waals surface area (Å²) in [5.41, 5.74) is 2.93. The first-order chi connectivity index (χ1) is 13.5. The van der Waals surface area contributed by atoms with Gasteiger partial charge in [-0.05, 0) is 66.5 Å². The molecule has 0 bridgehead atoms. The van der Waals surface area contributed by atoms with Crippen LogP contribution in [-0.4, -0.2) is 21.4 Å². The third-order valence-corrected chi connectivity index (χ3v) is 6.92. The predicted molar refractivity (Wildman–Crippen MR) is 122 cm³/mol. The average Bonchev–Trinajstić information content (AvgIpc) is 3.07. The lowest BCUT2D eigenvalue weighted by Crippen LogP contribution is -2.14. The van der Waals surface area contributed by atoms with Gasteiger partial charge in [-0.3, -0.25) is 4.79 Å². The van der Waals surface area contributed by atoms with E-state index in [2.05, 4.69) is 36.4 Å². The third kappa shape index (κ3) is 5.44. The molecule has 0 aliphatic carbocycles. The smallest absolute Gasteiger partial charge is 0.234 e. The number of benzene rings is 2. The summed E-state index contributed by atoms with van der Waals surface area (Å²) in [5.74, 6) is 0.723. The molecule has 0 aliphatic rings. The largest absolute Gasteiger partial charge is 0.325 e. The molecule has 28 heavy (non-hydrogen) atoms. The lowest BCUT2D eigenvalue weighted by atomic mass is 9.99. The summed E-state index contributed by atoms with van der Waals surface area (Å²) in [4.78, 5) is 12.3. The van der Waals surface area contributed by atoms with Crippen molar-refractivity contribution >= 4 is 58.5 Å². The quantitative estimate of drug-likeness (QED) is 0.327. The first-order valence-corrected chi connectivity index (χ1v) is 11.4. The van der Waals surface area contributed by atoms with Crippen LogP contribution in [0.25, 0.3) is 5.69 Å². The highest BCUT2D eigenvalue weighted by Crippen LogP contribution is 2.25. The van der Waals surface area contributed by atoms with Gasteiger partial charge in [-0.25, -0.2) is 4.68 Å². The van der Waals surface area contributed by atoms with Crippen LogP contribution in [0.15, 0.2) is 52.9 Å². The lowest BCUT2D eigenvalue weighted by Gasteiger charge is -2.10. The number of rotatable bonds is 7. The van der Waals surface area contributed by atoms with Crippen LogP contribution in [0, 0.1) is 3.95 Å². The minimum Gasteiger partial charge on any atom is -0.325 e. The molecule has 0 saturated heterocycles. The van der Waals surface area contributed by atoms with Crippen molar-refractivity contribution in [1.82, 2.24) is 9.78 Å². The number of anilines is 1. The second-order valence-electron chi connectivity index (χ2n) is 6.29. The molecule has 8 heteroatoms. The maximum absolute atomic E-state index is 12.3. The van der Waals surface area contributed by atoms with E-state index in [-0.39, 0.29) is 11.7 Å². The van der Waals surface area contributed by atoms with Gasteiger partial charge in [0.1, 0.15) is 0 Å². The summed E-state index contributed by atoms with van der Waals surface area (Å²) in [7, 11) is 0. The summed E-state index contributed by atoms with van der Waals surface area (Å²) in [6.45, 7) is 4.36. The van der Waals surface area contributed by atoms with Gasteiger partial charge in [-0.2, -0.15) is 0 Å². The van der Waals surface area contributed by atoms with Gasteiger partial charge in [0, 0.05) is 10.7 Å². The summed E-state index contributed by atoms with van der Waals surface area (Å²) < 4.78 is 3.07. The minimum atomic E-state index is -0.0690. The van der Waals surface area contributed by atoms with E-state index in [9.17, 15) is 4.79 Å². The molecule has 1 amide bonds. The van der Waals surface area contributed by atoms with E-state index >= 15 is 0 Å². The molecule has 0 saturated carbocycles. The van der Waals surface area contributed by atoms with Crippen LogP contribution in [0.1, 0.15) is 31.7 Å². The lowest BCUT2D eigenvalue weighted by molar-refractivity contribution is -0.113. The van der Waals surface area contributed by atoms with E-state index in [0.29, 0.717) is 14.9 Å². The number of halogens is 1. The number of nitrogens with zero attached hydrogens (tertiary/aromatic N) is 2. The molecule has 1 heterocycles. The molecule has 0 aliphatic heterocycles. The van der Waals surface area contributed by atoms with Gasteiger partial charge in [-0.1, -0.05) is 60.7 Å². The number of aromatic nitrogens is 2. The highest BCUT2D eigenvalue weighted by atomic mass is 35.5. The van der Waals surface area contributed by atoms with Gasteiger partial charge < -0.3 is 5.32 Å². The Hall–Kier alpha value is -1.67.